The highest BCUT2D eigenvalue weighted by Crippen LogP contribution is 2.35. The van der Waals surface area contributed by atoms with E-state index in [0.717, 1.165) is 18.4 Å². The summed E-state index contributed by atoms with van der Waals surface area (Å²) in [6.45, 7) is 1.88. The fraction of sp³-hybridized carbons (Fsp3) is 0.312. The number of hydrogen-bond acceptors (Lipinski definition) is 6. The second-order valence-corrected chi connectivity index (χ2v) is 6.60. The van der Waals surface area contributed by atoms with Crippen molar-refractivity contribution < 1.29 is 14.3 Å². The molecule has 25 heavy (non-hydrogen) atoms. The van der Waals surface area contributed by atoms with Gasteiger partial charge >= 0.3 is 6.09 Å². The van der Waals surface area contributed by atoms with Crippen LogP contribution in [0, 0.1) is 6.92 Å². The third-order valence-electron chi connectivity index (χ3n) is 3.85. The highest BCUT2D eigenvalue weighted by molar-refractivity contribution is 7.98. The van der Waals surface area contributed by atoms with Crippen LogP contribution in [0.4, 0.5) is 10.6 Å². The smallest absolute Gasteiger partial charge is 0.404 e. The molecule has 0 spiro atoms. The number of primary amides is 1. The van der Waals surface area contributed by atoms with E-state index in [4.69, 9.17) is 16.2 Å². The first-order chi connectivity index (χ1) is 11.9. The van der Waals surface area contributed by atoms with Crippen molar-refractivity contribution in [2.45, 2.75) is 30.8 Å². The summed E-state index contributed by atoms with van der Waals surface area (Å²) in [4.78, 5) is 23.4. The highest BCUT2D eigenvalue weighted by Gasteiger charge is 2.25. The van der Waals surface area contributed by atoms with Crippen molar-refractivity contribution in [2.24, 2.45) is 5.73 Å². The maximum absolute atomic E-state index is 12.3. The molecule has 1 aliphatic carbocycles. The van der Waals surface area contributed by atoms with Crippen molar-refractivity contribution in [1.82, 2.24) is 15.1 Å². The third-order valence-corrected chi connectivity index (χ3v) is 4.51. The molecule has 1 saturated carbocycles. The molecule has 0 radical (unpaired) electrons. The molecule has 5 N–H and O–H groups in total. The minimum Gasteiger partial charge on any atom is -0.404 e. The number of amides is 2. The Labute approximate surface area is 148 Å². The number of nitrogens with one attached hydrogen (secondary N) is 1. The number of hydrogen-bond donors (Lipinski definition) is 3. The summed E-state index contributed by atoms with van der Waals surface area (Å²) in [5.74, 6) is 0.131. The van der Waals surface area contributed by atoms with Gasteiger partial charge in [-0.05, 0) is 43.7 Å². The van der Waals surface area contributed by atoms with Crippen molar-refractivity contribution in [3.8, 4) is 11.4 Å². The summed E-state index contributed by atoms with van der Waals surface area (Å²) in [5.41, 5.74) is 13.2. The topological polar surface area (TPSA) is 125 Å². The van der Waals surface area contributed by atoms with Crippen LogP contribution in [0.3, 0.4) is 0 Å². The number of nitrogens with zero attached hydrogens (tertiary/aromatic N) is 2. The second kappa shape index (κ2) is 6.67. The fourth-order valence-electron chi connectivity index (χ4n) is 2.38. The van der Waals surface area contributed by atoms with Crippen LogP contribution >= 0.6 is 11.8 Å². The standard InChI is InChI=1S/C16H19N5O3S/c1-8-3-4-9(14(22)19-10-5-6-10)7-11(8)21-13(17)12(24-16(18)23)15(20-21)25-2/h3-4,7,10H,5-6,17H2,1-2H3,(H2,18,23)(H,19,22). The molecule has 1 aliphatic rings. The Bertz CT molecular complexity index is 845. The molecule has 1 fully saturated rings. The first-order valence-corrected chi connectivity index (χ1v) is 8.94. The van der Waals surface area contributed by atoms with Gasteiger partial charge in [0.15, 0.2) is 10.8 Å². The molecule has 2 aromatic rings. The Hall–Kier alpha value is -2.68. The maximum Gasteiger partial charge on any atom is 0.410 e. The zero-order valence-corrected chi connectivity index (χ0v) is 14.7. The van der Waals surface area contributed by atoms with Crippen LogP contribution in [0.25, 0.3) is 5.69 Å². The molecule has 0 atom stereocenters. The Morgan fingerprint density at radius 1 is 1.40 bits per heavy atom. The normalized spacial score (nSPS) is 13.5. The van der Waals surface area contributed by atoms with Crippen LogP contribution in [-0.2, 0) is 0 Å². The summed E-state index contributed by atoms with van der Waals surface area (Å²) >= 11 is 1.28. The van der Waals surface area contributed by atoms with Crippen LogP contribution < -0.4 is 21.5 Å². The van der Waals surface area contributed by atoms with Gasteiger partial charge in [0.25, 0.3) is 5.91 Å². The number of carbonyl (C=O) groups is 2. The molecular weight excluding hydrogens is 342 g/mol. The Morgan fingerprint density at radius 2 is 2.12 bits per heavy atom. The molecule has 1 aromatic heterocycles. The lowest BCUT2D eigenvalue weighted by molar-refractivity contribution is 0.0951. The summed E-state index contributed by atoms with van der Waals surface area (Å²) in [5, 5.41) is 7.76. The maximum atomic E-state index is 12.3. The average Bonchev–Trinajstić information content (AvgIpc) is 3.33. The second-order valence-electron chi connectivity index (χ2n) is 5.81. The lowest BCUT2D eigenvalue weighted by atomic mass is 10.1. The SMILES string of the molecule is CSc1nn(-c2cc(C(=O)NC3CC3)ccc2C)c(N)c1OC(N)=O. The van der Waals surface area contributed by atoms with Gasteiger partial charge in [-0.1, -0.05) is 6.07 Å². The molecule has 3 rings (SSSR count). The minimum atomic E-state index is -0.962. The zero-order valence-electron chi connectivity index (χ0n) is 13.9. The van der Waals surface area contributed by atoms with Gasteiger partial charge in [-0.2, -0.15) is 5.10 Å². The van der Waals surface area contributed by atoms with Gasteiger partial charge in [0.2, 0.25) is 5.75 Å². The third kappa shape index (κ3) is 3.55. The van der Waals surface area contributed by atoms with Gasteiger partial charge in [0.1, 0.15) is 0 Å². The predicted molar refractivity (Wildman–Crippen MR) is 95.2 cm³/mol. The van der Waals surface area contributed by atoms with E-state index in [2.05, 4.69) is 10.4 Å². The summed E-state index contributed by atoms with van der Waals surface area (Å²) < 4.78 is 6.43. The number of aromatic nitrogens is 2. The Kier molecular flexibility index (Phi) is 4.58. The van der Waals surface area contributed by atoms with E-state index in [9.17, 15) is 9.59 Å². The van der Waals surface area contributed by atoms with Crippen molar-refractivity contribution in [2.75, 3.05) is 12.0 Å². The number of aryl methyl sites for hydroxylation is 1. The van der Waals surface area contributed by atoms with Crippen LogP contribution in [-0.4, -0.2) is 34.1 Å². The number of rotatable bonds is 5. The molecule has 1 heterocycles. The predicted octanol–water partition coefficient (Wildman–Crippen LogP) is 1.83. The minimum absolute atomic E-state index is 0.118. The van der Waals surface area contributed by atoms with E-state index >= 15 is 0 Å². The van der Waals surface area contributed by atoms with E-state index in [-0.39, 0.29) is 23.5 Å². The highest BCUT2D eigenvalue weighted by atomic mass is 32.2. The first-order valence-electron chi connectivity index (χ1n) is 7.72. The van der Waals surface area contributed by atoms with Gasteiger partial charge in [0.05, 0.1) is 5.69 Å². The van der Waals surface area contributed by atoms with Crippen LogP contribution in [0.15, 0.2) is 23.2 Å². The molecule has 132 valence electrons. The molecule has 8 nitrogen and oxygen atoms in total. The lowest BCUT2D eigenvalue weighted by Gasteiger charge is -2.11. The van der Waals surface area contributed by atoms with Crippen LogP contribution in [0.1, 0.15) is 28.8 Å². The molecule has 9 heteroatoms. The van der Waals surface area contributed by atoms with E-state index < -0.39 is 6.09 Å². The molecule has 1 aromatic carbocycles. The van der Waals surface area contributed by atoms with E-state index in [1.54, 1.807) is 18.4 Å². The largest absolute Gasteiger partial charge is 0.410 e. The summed E-state index contributed by atoms with van der Waals surface area (Å²) in [6, 6.07) is 5.57. The number of nitrogen functional groups attached to an aromatic ring is 1. The summed E-state index contributed by atoms with van der Waals surface area (Å²) in [7, 11) is 0. The van der Waals surface area contributed by atoms with Gasteiger partial charge in [0, 0.05) is 11.6 Å². The lowest BCUT2D eigenvalue weighted by Crippen LogP contribution is -2.25. The number of thioether (sulfide) groups is 1. The van der Waals surface area contributed by atoms with Crippen molar-refractivity contribution in [3.63, 3.8) is 0 Å². The van der Waals surface area contributed by atoms with Crippen LogP contribution in [0.5, 0.6) is 5.75 Å². The Morgan fingerprint density at radius 3 is 2.72 bits per heavy atom. The van der Waals surface area contributed by atoms with Gasteiger partial charge in [-0.15, -0.1) is 11.8 Å². The average molecular weight is 361 g/mol. The quantitative estimate of drug-likeness (QED) is 0.698. The van der Waals surface area contributed by atoms with Gasteiger partial charge in [-0.25, -0.2) is 9.48 Å². The number of nitrogens with two attached hydrogens (primary N) is 2. The van der Waals surface area contributed by atoms with Gasteiger partial charge in [-0.3, -0.25) is 4.79 Å². The van der Waals surface area contributed by atoms with E-state index in [1.165, 1.54) is 16.4 Å². The molecule has 0 aliphatic heterocycles. The van der Waals surface area contributed by atoms with Crippen molar-refractivity contribution in [1.29, 1.82) is 0 Å². The molecular formula is C16H19N5O3S. The summed E-state index contributed by atoms with van der Waals surface area (Å²) in [6.07, 6.45) is 2.85. The van der Waals surface area contributed by atoms with Crippen molar-refractivity contribution in [3.05, 3.63) is 29.3 Å². The van der Waals surface area contributed by atoms with E-state index in [1.807, 2.05) is 13.0 Å². The molecule has 2 amide bonds. The Balaban J connectivity index is 2.01. The van der Waals surface area contributed by atoms with Crippen molar-refractivity contribution >= 4 is 29.6 Å². The number of benzene rings is 1. The first kappa shape index (κ1) is 17.2. The molecule has 0 saturated heterocycles. The monoisotopic (exact) mass is 361 g/mol. The van der Waals surface area contributed by atoms with Crippen LogP contribution in [0.2, 0.25) is 0 Å². The number of anilines is 1. The number of ether oxygens (including phenoxy) is 1. The number of carbonyl (C=O) groups excluding carboxylic acids is 2. The molecule has 0 unspecified atom stereocenters. The van der Waals surface area contributed by atoms with E-state index in [0.29, 0.717) is 16.3 Å². The zero-order chi connectivity index (χ0) is 18.1. The fourth-order valence-corrected chi connectivity index (χ4v) is 2.88. The van der Waals surface area contributed by atoms with Gasteiger partial charge < -0.3 is 21.5 Å². The molecule has 0 bridgehead atoms.